The van der Waals surface area contributed by atoms with Crippen LogP contribution in [0.15, 0.2) is 53.5 Å². The summed E-state index contributed by atoms with van der Waals surface area (Å²) in [7, 11) is 0. The molecule has 0 amide bonds. The van der Waals surface area contributed by atoms with Crippen molar-refractivity contribution in [1.82, 2.24) is 0 Å². The first kappa shape index (κ1) is 12.7. The first-order valence-corrected chi connectivity index (χ1v) is 5.99. The third-order valence-corrected chi connectivity index (χ3v) is 2.85. The summed E-state index contributed by atoms with van der Waals surface area (Å²) >= 11 is 10.6. The molecular weight excluding hydrogens is 266 g/mol. The number of hydrogen-bond acceptors (Lipinski definition) is 3. The van der Waals surface area contributed by atoms with Crippen molar-refractivity contribution >= 4 is 40.5 Å². The zero-order valence-corrected chi connectivity index (χ0v) is 10.8. The average Bonchev–Trinajstić information content (AvgIpc) is 2.40. The van der Waals surface area contributed by atoms with Gasteiger partial charge in [-0.05, 0) is 36.5 Å². The Kier molecular flexibility index (Phi) is 4.00. The van der Waals surface area contributed by atoms with Crippen LogP contribution in [0.2, 0.25) is 5.02 Å². The Bertz CT molecular complexity index is 648. The Morgan fingerprint density at radius 2 is 1.67 bits per heavy atom. The first-order chi connectivity index (χ1) is 8.74. The van der Waals surface area contributed by atoms with Gasteiger partial charge in [0.25, 0.3) is 0 Å². The molecule has 0 bridgehead atoms. The van der Waals surface area contributed by atoms with Crippen LogP contribution in [0.3, 0.4) is 0 Å². The van der Waals surface area contributed by atoms with E-state index in [1.807, 2.05) is 0 Å². The van der Waals surface area contributed by atoms with E-state index in [-0.39, 0.29) is 5.78 Å². The van der Waals surface area contributed by atoms with Crippen LogP contribution in [0.5, 0.6) is 0 Å². The van der Waals surface area contributed by atoms with Gasteiger partial charge in [0.05, 0.1) is 15.9 Å². The number of ketones is 1. The molecule has 0 saturated carbocycles. The number of halogens is 1. The molecule has 0 heterocycles. The van der Waals surface area contributed by atoms with Crippen LogP contribution in [0.1, 0.15) is 15.9 Å². The highest BCUT2D eigenvalue weighted by Gasteiger charge is 2.15. The maximum Gasteiger partial charge on any atom is 0.196 e. The van der Waals surface area contributed by atoms with Gasteiger partial charge in [0.15, 0.2) is 5.78 Å². The Hall–Kier alpha value is -1.80. The van der Waals surface area contributed by atoms with Gasteiger partial charge in [-0.1, -0.05) is 35.9 Å². The van der Waals surface area contributed by atoms with Crippen molar-refractivity contribution in [1.29, 1.82) is 0 Å². The molecule has 0 aliphatic heterocycles. The molecule has 2 rings (SSSR count). The minimum Gasteiger partial charge on any atom is -0.288 e. The number of benzene rings is 2. The summed E-state index contributed by atoms with van der Waals surface area (Å²) in [6.45, 7) is 0. The van der Waals surface area contributed by atoms with Crippen molar-refractivity contribution in [3.05, 3.63) is 64.7 Å². The van der Waals surface area contributed by atoms with E-state index in [4.69, 9.17) is 11.6 Å². The largest absolute Gasteiger partial charge is 0.288 e. The smallest absolute Gasteiger partial charge is 0.196 e. The van der Waals surface area contributed by atoms with Gasteiger partial charge in [-0.25, -0.2) is 0 Å². The van der Waals surface area contributed by atoms with E-state index < -0.39 is 0 Å². The molecule has 4 heteroatoms. The van der Waals surface area contributed by atoms with Crippen LogP contribution in [0.25, 0.3) is 0 Å². The van der Waals surface area contributed by atoms with Gasteiger partial charge in [0, 0.05) is 11.1 Å². The normalized spacial score (nSPS) is 9.61. The molecule has 2 aromatic carbocycles. The van der Waals surface area contributed by atoms with E-state index >= 15 is 0 Å². The van der Waals surface area contributed by atoms with Crippen LogP contribution >= 0.6 is 23.8 Å². The summed E-state index contributed by atoms with van der Waals surface area (Å²) in [4.78, 5) is 16.2. The molecule has 0 radical (unpaired) electrons. The van der Waals surface area contributed by atoms with Crippen molar-refractivity contribution in [2.24, 2.45) is 4.99 Å². The van der Waals surface area contributed by atoms with E-state index in [0.29, 0.717) is 21.8 Å². The van der Waals surface area contributed by atoms with Crippen LogP contribution < -0.4 is 0 Å². The molecular formula is C14H8ClNOS. The maximum atomic E-state index is 12.4. The molecule has 0 fully saturated rings. The highest BCUT2D eigenvalue weighted by Crippen LogP contribution is 2.25. The van der Waals surface area contributed by atoms with Crippen molar-refractivity contribution in [2.75, 3.05) is 0 Å². The molecule has 88 valence electrons. The Balaban J connectivity index is 2.53. The standard InChI is InChI=1S/C14H8ClNOS/c15-12-7-3-1-5-10(12)14(17)11-6-2-4-8-13(11)16-9-18/h1-8H. The van der Waals surface area contributed by atoms with Crippen molar-refractivity contribution in [3.63, 3.8) is 0 Å². The molecule has 0 atom stereocenters. The second-order valence-corrected chi connectivity index (χ2v) is 4.12. The topological polar surface area (TPSA) is 29.4 Å². The molecule has 0 unspecified atom stereocenters. The van der Waals surface area contributed by atoms with Gasteiger partial charge in [-0.3, -0.25) is 4.79 Å². The molecule has 0 aliphatic carbocycles. The van der Waals surface area contributed by atoms with Crippen LogP contribution in [0, 0.1) is 0 Å². The van der Waals surface area contributed by atoms with Gasteiger partial charge in [0.2, 0.25) is 0 Å². The fourth-order valence-corrected chi connectivity index (χ4v) is 1.92. The second kappa shape index (κ2) is 5.69. The fourth-order valence-electron chi connectivity index (χ4n) is 1.60. The Morgan fingerprint density at radius 1 is 1.06 bits per heavy atom. The summed E-state index contributed by atoms with van der Waals surface area (Å²) in [5, 5.41) is 2.69. The Labute approximate surface area is 115 Å². The predicted molar refractivity (Wildman–Crippen MR) is 76.0 cm³/mol. The molecule has 0 saturated heterocycles. The van der Waals surface area contributed by atoms with E-state index in [2.05, 4.69) is 22.4 Å². The predicted octanol–water partition coefficient (Wildman–Crippen LogP) is 4.31. The number of carbonyl (C=O) groups excluding carboxylic acids is 1. The summed E-state index contributed by atoms with van der Waals surface area (Å²) in [5.74, 6) is -0.176. The zero-order chi connectivity index (χ0) is 13.0. The monoisotopic (exact) mass is 273 g/mol. The maximum absolute atomic E-state index is 12.4. The SMILES string of the molecule is O=C(c1ccccc1Cl)c1ccccc1N=C=S. The number of aliphatic imine (C=N–C) groups is 1. The molecule has 0 N–H and O–H groups in total. The lowest BCUT2D eigenvalue weighted by Gasteiger charge is -2.05. The van der Waals surface area contributed by atoms with Gasteiger partial charge in [-0.2, -0.15) is 4.99 Å². The number of nitrogens with zero attached hydrogens (tertiary/aromatic N) is 1. The number of hydrogen-bond donors (Lipinski definition) is 0. The summed E-state index contributed by atoms with van der Waals surface area (Å²) < 4.78 is 0. The molecule has 2 aromatic rings. The first-order valence-electron chi connectivity index (χ1n) is 5.20. The van der Waals surface area contributed by atoms with Crippen LogP contribution in [0.4, 0.5) is 5.69 Å². The molecule has 18 heavy (non-hydrogen) atoms. The quantitative estimate of drug-likeness (QED) is 0.474. The number of rotatable bonds is 3. The van der Waals surface area contributed by atoms with Crippen molar-refractivity contribution in [3.8, 4) is 0 Å². The highest BCUT2D eigenvalue weighted by atomic mass is 35.5. The third kappa shape index (κ3) is 2.54. The van der Waals surface area contributed by atoms with E-state index in [1.165, 1.54) is 0 Å². The summed E-state index contributed by atoms with van der Waals surface area (Å²) in [5.41, 5.74) is 1.41. The van der Waals surface area contributed by atoms with Crippen molar-refractivity contribution in [2.45, 2.75) is 0 Å². The Morgan fingerprint density at radius 3 is 2.33 bits per heavy atom. The van der Waals surface area contributed by atoms with E-state index in [1.54, 1.807) is 48.5 Å². The summed E-state index contributed by atoms with van der Waals surface area (Å²) in [6, 6.07) is 13.9. The third-order valence-electron chi connectivity index (χ3n) is 2.43. The van der Waals surface area contributed by atoms with Crippen LogP contribution in [-0.2, 0) is 0 Å². The van der Waals surface area contributed by atoms with E-state index in [0.717, 1.165) is 0 Å². The number of thiocarbonyl (C=S) groups is 1. The average molecular weight is 274 g/mol. The molecule has 0 spiro atoms. The minimum atomic E-state index is -0.176. The van der Waals surface area contributed by atoms with E-state index in [9.17, 15) is 4.79 Å². The van der Waals surface area contributed by atoms with Gasteiger partial charge < -0.3 is 0 Å². The van der Waals surface area contributed by atoms with Crippen molar-refractivity contribution < 1.29 is 4.79 Å². The number of isothiocyanates is 1. The second-order valence-electron chi connectivity index (χ2n) is 3.53. The summed E-state index contributed by atoms with van der Waals surface area (Å²) in [6.07, 6.45) is 0. The van der Waals surface area contributed by atoms with Gasteiger partial charge in [-0.15, -0.1) is 0 Å². The van der Waals surface area contributed by atoms with Gasteiger partial charge >= 0.3 is 0 Å². The minimum absolute atomic E-state index is 0.176. The molecule has 0 aromatic heterocycles. The fraction of sp³-hybridized carbons (Fsp3) is 0. The lowest BCUT2D eigenvalue weighted by molar-refractivity contribution is 0.103. The molecule has 0 aliphatic rings. The lowest BCUT2D eigenvalue weighted by atomic mass is 10.0. The molecule has 2 nitrogen and oxygen atoms in total. The number of para-hydroxylation sites is 1. The van der Waals surface area contributed by atoms with Gasteiger partial charge in [0.1, 0.15) is 0 Å². The highest BCUT2D eigenvalue weighted by molar-refractivity contribution is 7.78. The zero-order valence-electron chi connectivity index (χ0n) is 9.26. The number of carbonyl (C=O) groups is 1. The lowest BCUT2D eigenvalue weighted by Crippen LogP contribution is -2.02. The van der Waals surface area contributed by atoms with Crippen LogP contribution in [-0.4, -0.2) is 10.9 Å².